The van der Waals surface area contributed by atoms with Crippen LogP contribution < -0.4 is 4.74 Å². The lowest BCUT2D eigenvalue weighted by Gasteiger charge is -2.32. The minimum absolute atomic E-state index is 0.385. The minimum Gasteiger partial charge on any atom is -0.478 e. The zero-order chi connectivity index (χ0) is 19.8. The van der Waals surface area contributed by atoms with Gasteiger partial charge in [0.1, 0.15) is 5.75 Å². The second-order valence-electron chi connectivity index (χ2n) is 4.44. The summed E-state index contributed by atoms with van der Waals surface area (Å²) in [6.07, 6.45) is -7.08. The zero-order valence-electron chi connectivity index (χ0n) is 11.4. The molecule has 0 amide bonds. The van der Waals surface area contributed by atoms with Crippen molar-refractivity contribution in [1.29, 1.82) is 0 Å². The maximum atomic E-state index is 13.2. The van der Waals surface area contributed by atoms with Gasteiger partial charge in [-0.05, 0) is 18.2 Å². The molecule has 0 radical (unpaired) electrons. The molecular formula is C12H5F9O4. The van der Waals surface area contributed by atoms with Crippen molar-refractivity contribution in [2.75, 3.05) is 0 Å². The molecule has 0 spiro atoms. The normalized spacial score (nSPS) is 13.5. The molecule has 0 aliphatic heterocycles. The number of hydrogen-bond donors (Lipinski definition) is 1. The van der Waals surface area contributed by atoms with Gasteiger partial charge in [0, 0.05) is 0 Å². The van der Waals surface area contributed by atoms with Crippen molar-refractivity contribution in [1.82, 2.24) is 0 Å². The van der Waals surface area contributed by atoms with Crippen molar-refractivity contribution >= 4 is 11.9 Å². The minimum atomic E-state index is -7.24. The first-order valence-corrected chi connectivity index (χ1v) is 5.81. The third-order valence-electron chi connectivity index (χ3n) is 2.69. The number of rotatable bonds is 5. The third-order valence-corrected chi connectivity index (χ3v) is 2.69. The van der Waals surface area contributed by atoms with E-state index < -0.39 is 47.2 Å². The van der Waals surface area contributed by atoms with Crippen LogP contribution in [-0.2, 0) is 4.79 Å². The van der Waals surface area contributed by atoms with Crippen molar-refractivity contribution in [2.45, 2.75) is 23.9 Å². The van der Waals surface area contributed by atoms with E-state index in [2.05, 4.69) is 4.74 Å². The zero-order valence-corrected chi connectivity index (χ0v) is 11.4. The SMILES string of the molecule is O=C(O)c1cccc(OC(=O)C(F)(F)C(F)(F)C(F)(F)C(F)(F)F)c1. The van der Waals surface area contributed by atoms with Gasteiger partial charge in [-0.3, -0.25) is 0 Å². The molecule has 140 valence electrons. The summed E-state index contributed by atoms with van der Waals surface area (Å²) in [5.74, 6) is -27.2. The number of benzene rings is 1. The lowest BCUT2D eigenvalue weighted by Crippen LogP contribution is -2.64. The highest BCUT2D eigenvalue weighted by atomic mass is 19.4. The van der Waals surface area contributed by atoms with Gasteiger partial charge >= 0.3 is 35.9 Å². The average molecular weight is 384 g/mol. The Bertz CT molecular complexity index is 681. The lowest BCUT2D eigenvalue weighted by atomic mass is 10.0. The Morgan fingerprint density at radius 1 is 0.880 bits per heavy atom. The van der Waals surface area contributed by atoms with Crippen LogP contribution in [0.4, 0.5) is 39.5 Å². The molecule has 0 saturated heterocycles. The van der Waals surface area contributed by atoms with E-state index in [4.69, 9.17) is 5.11 Å². The largest absolute Gasteiger partial charge is 0.478 e. The van der Waals surface area contributed by atoms with Crippen LogP contribution in [0.15, 0.2) is 24.3 Å². The number of aromatic carboxylic acids is 1. The van der Waals surface area contributed by atoms with E-state index in [1.165, 1.54) is 0 Å². The van der Waals surface area contributed by atoms with Gasteiger partial charge in [-0.25, -0.2) is 9.59 Å². The first-order chi connectivity index (χ1) is 11.1. The van der Waals surface area contributed by atoms with E-state index in [0.717, 1.165) is 12.1 Å². The van der Waals surface area contributed by atoms with Gasteiger partial charge in [-0.1, -0.05) is 6.07 Å². The molecule has 0 aliphatic carbocycles. The Balaban J connectivity index is 3.19. The molecule has 0 bridgehead atoms. The smallest absolute Gasteiger partial charge is 0.460 e. The van der Waals surface area contributed by atoms with Crippen LogP contribution in [0.25, 0.3) is 0 Å². The molecule has 0 atom stereocenters. The fourth-order valence-corrected chi connectivity index (χ4v) is 1.37. The van der Waals surface area contributed by atoms with E-state index in [0.29, 0.717) is 12.1 Å². The van der Waals surface area contributed by atoms with Crippen molar-refractivity contribution in [3.05, 3.63) is 29.8 Å². The highest BCUT2D eigenvalue weighted by Crippen LogP contribution is 2.53. The standard InChI is InChI=1S/C12H5F9O4/c13-9(14,10(15,16)11(17,18)12(19,20)21)8(24)25-6-3-1-2-5(4-6)7(22)23/h1-4H,(H,22,23). The molecule has 4 nitrogen and oxygen atoms in total. The maximum absolute atomic E-state index is 13.2. The Morgan fingerprint density at radius 2 is 1.40 bits per heavy atom. The Morgan fingerprint density at radius 3 is 1.84 bits per heavy atom. The highest BCUT2D eigenvalue weighted by Gasteiger charge is 2.84. The van der Waals surface area contributed by atoms with Gasteiger partial charge in [0.25, 0.3) is 0 Å². The van der Waals surface area contributed by atoms with Crippen LogP contribution in [0.2, 0.25) is 0 Å². The Labute approximate surface area is 131 Å². The van der Waals surface area contributed by atoms with Crippen LogP contribution in [0, 0.1) is 0 Å². The van der Waals surface area contributed by atoms with E-state index >= 15 is 0 Å². The van der Waals surface area contributed by atoms with Crippen molar-refractivity contribution in [3.8, 4) is 5.75 Å². The van der Waals surface area contributed by atoms with Gasteiger partial charge < -0.3 is 9.84 Å². The predicted octanol–water partition coefficient (Wildman–Crippen LogP) is 3.76. The molecule has 1 aromatic carbocycles. The number of hydrogen-bond acceptors (Lipinski definition) is 3. The highest BCUT2D eigenvalue weighted by molar-refractivity contribution is 5.88. The van der Waals surface area contributed by atoms with Crippen LogP contribution in [0.1, 0.15) is 10.4 Å². The molecule has 0 aliphatic rings. The summed E-state index contributed by atoms with van der Waals surface area (Å²) in [5.41, 5.74) is -0.666. The Hall–Kier alpha value is -2.47. The monoisotopic (exact) mass is 384 g/mol. The molecule has 1 aromatic rings. The predicted molar refractivity (Wildman–Crippen MR) is 59.9 cm³/mol. The maximum Gasteiger partial charge on any atom is 0.460 e. The fourth-order valence-electron chi connectivity index (χ4n) is 1.37. The van der Waals surface area contributed by atoms with Crippen molar-refractivity contribution in [3.63, 3.8) is 0 Å². The molecular weight excluding hydrogens is 379 g/mol. The number of alkyl halides is 9. The average Bonchev–Trinajstić information content (AvgIpc) is 2.45. The molecule has 13 heteroatoms. The van der Waals surface area contributed by atoms with Crippen LogP contribution in [0.3, 0.4) is 0 Å². The Kier molecular flexibility index (Phi) is 5.03. The second kappa shape index (κ2) is 6.11. The number of carboxylic acids is 1. The van der Waals surface area contributed by atoms with E-state index in [9.17, 15) is 49.1 Å². The van der Waals surface area contributed by atoms with Gasteiger partial charge in [0.15, 0.2) is 0 Å². The van der Waals surface area contributed by atoms with Crippen LogP contribution in [0.5, 0.6) is 5.75 Å². The summed E-state index contributed by atoms with van der Waals surface area (Å²) >= 11 is 0. The first-order valence-electron chi connectivity index (χ1n) is 5.81. The van der Waals surface area contributed by atoms with Crippen LogP contribution in [-0.4, -0.2) is 41.0 Å². The number of halogens is 9. The third kappa shape index (κ3) is 3.49. The number of carbonyl (C=O) groups excluding carboxylic acids is 1. The summed E-state index contributed by atoms with van der Waals surface area (Å²) in [6, 6.07) is 2.67. The molecule has 1 rings (SSSR count). The summed E-state index contributed by atoms with van der Waals surface area (Å²) in [7, 11) is 0. The number of carbonyl (C=O) groups is 2. The summed E-state index contributed by atoms with van der Waals surface area (Å²) in [4.78, 5) is 21.6. The summed E-state index contributed by atoms with van der Waals surface area (Å²) < 4.78 is 117. The van der Waals surface area contributed by atoms with Crippen molar-refractivity contribution in [2.24, 2.45) is 0 Å². The number of ether oxygens (including phenoxy) is 1. The topological polar surface area (TPSA) is 63.6 Å². The van der Waals surface area contributed by atoms with E-state index in [1.807, 2.05) is 0 Å². The molecule has 1 N–H and O–H groups in total. The fraction of sp³-hybridized carbons (Fsp3) is 0.333. The lowest BCUT2D eigenvalue weighted by molar-refractivity contribution is -0.390. The summed E-state index contributed by atoms with van der Waals surface area (Å²) in [5, 5.41) is 8.60. The van der Waals surface area contributed by atoms with Gasteiger partial charge in [-0.15, -0.1) is 0 Å². The van der Waals surface area contributed by atoms with Crippen molar-refractivity contribution < 1.29 is 58.9 Å². The molecule has 25 heavy (non-hydrogen) atoms. The van der Waals surface area contributed by atoms with E-state index in [1.54, 1.807) is 0 Å². The molecule has 0 unspecified atom stereocenters. The van der Waals surface area contributed by atoms with E-state index in [-0.39, 0.29) is 0 Å². The quantitative estimate of drug-likeness (QED) is 0.477. The number of esters is 1. The molecule has 0 saturated carbocycles. The first kappa shape index (κ1) is 20.6. The number of carboxylic acid groups (broad SMARTS) is 1. The molecule has 0 aromatic heterocycles. The molecule has 0 fully saturated rings. The van der Waals surface area contributed by atoms with Crippen LogP contribution >= 0.6 is 0 Å². The van der Waals surface area contributed by atoms with Gasteiger partial charge in [-0.2, -0.15) is 39.5 Å². The van der Waals surface area contributed by atoms with Gasteiger partial charge in [0.2, 0.25) is 0 Å². The van der Waals surface area contributed by atoms with Gasteiger partial charge in [0.05, 0.1) is 5.56 Å². The summed E-state index contributed by atoms with van der Waals surface area (Å²) in [6.45, 7) is 0. The second-order valence-corrected chi connectivity index (χ2v) is 4.44. The molecule has 0 heterocycles.